The van der Waals surface area contributed by atoms with Gasteiger partial charge in [-0.05, 0) is 60.0 Å². The quantitative estimate of drug-likeness (QED) is 0.637. The van der Waals surface area contributed by atoms with Crippen molar-refractivity contribution in [2.24, 2.45) is 17.3 Å². The zero-order valence-corrected chi connectivity index (χ0v) is 13.7. The molecule has 0 nitrogen and oxygen atoms in total. The second kappa shape index (κ2) is 5.24. The van der Waals surface area contributed by atoms with Gasteiger partial charge < -0.3 is 0 Å². The number of alkyl halides is 1. The summed E-state index contributed by atoms with van der Waals surface area (Å²) in [6.07, 6.45) is 7.19. The maximum Gasteiger partial charge on any atom is 0.00939 e. The van der Waals surface area contributed by atoms with Crippen LogP contribution in [0.4, 0.5) is 0 Å². The Morgan fingerprint density at radius 1 is 1.21 bits per heavy atom. The first kappa shape index (κ1) is 13.7. The van der Waals surface area contributed by atoms with Crippen LogP contribution >= 0.6 is 15.9 Å². The fourth-order valence-corrected chi connectivity index (χ4v) is 5.30. The Morgan fingerprint density at radius 3 is 2.42 bits per heavy atom. The molecule has 3 rings (SSSR count). The fourth-order valence-electron chi connectivity index (χ4n) is 4.41. The summed E-state index contributed by atoms with van der Waals surface area (Å²) in [5.41, 5.74) is 3.56. The molecule has 2 fully saturated rings. The van der Waals surface area contributed by atoms with Gasteiger partial charge >= 0.3 is 0 Å². The van der Waals surface area contributed by atoms with Crippen molar-refractivity contribution < 1.29 is 0 Å². The number of rotatable bonds is 4. The molecule has 0 heterocycles. The SMILES string of the molecule is CC(C)c1ccc(CC2(CBr)CC3CCC2C3)cc1. The van der Waals surface area contributed by atoms with Gasteiger partial charge in [-0.2, -0.15) is 0 Å². The molecule has 2 aliphatic rings. The molecule has 1 aromatic rings. The van der Waals surface area contributed by atoms with Crippen molar-refractivity contribution in [3.8, 4) is 0 Å². The third-order valence-corrected chi connectivity index (χ3v) is 6.69. The zero-order valence-electron chi connectivity index (χ0n) is 12.2. The van der Waals surface area contributed by atoms with Crippen LogP contribution < -0.4 is 0 Å². The van der Waals surface area contributed by atoms with Crippen LogP contribution in [0, 0.1) is 17.3 Å². The van der Waals surface area contributed by atoms with Crippen LogP contribution in [0.25, 0.3) is 0 Å². The summed E-state index contributed by atoms with van der Waals surface area (Å²) in [5, 5.41) is 1.19. The molecule has 2 bridgehead atoms. The van der Waals surface area contributed by atoms with Crippen molar-refractivity contribution in [2.45, 2.75) is 51.9 Å². The fraction of sp³-hybridized carbons (Fsp3) is 0.667. The average molecular weight is 321 g/mol. The molecule has 0 radical (unpaired) electrons. The lowest BCUT2D eigenvalue weighted by molar-refractivity contribution is 0.197. The highest BCUT2D eigenvalue weighted by Gasteiger charge is 2.49. The summed E-state index contributed by atoms with van der Waals surface area (Å²) >= 11 is 3.83. The van der Waals surface area contributed by atoms with Crippen molar-refractivity contribution in [3.63, 3.8) is 0 Å². The average Bonchev–Trinajstić information content (AvgIpc) is 3.00. The van der Waals surface area contributed by atoms with E-state index in [0.29, 0.717) is 11.3 Å². The van der Waals surface area contributed by atoms with E-state index in [-0.39, 0.29) is 0 Å². The van der Waals surface area contributed by atoms with Gasteiger partial charge in [0.1, 0.15) is 0 Å². The van der Waals surface area contributed by atoms with Crippen molar-refractivity contribution >= 4 is 15.9 Å². The lowest BCUT2D eigenvalue weighted by Gasteiger charge is -2.36. The standard InChI is InChI=1S/C18H25Br/c1-13(2)16-6-3-14(4-7-16)10-18(12-19)11-15-5-8-17(18)9-15/h3-4,6-7,13,15,17H,5,8-12H2,1-2H3. The van der Waals surface area contributed by atoms with E-state index in [1.54, 1.807) is 0 Å². The van der Waals surface area contributed by atoms with E-state index in [0.717, 1.165) is 11.8 Å². The molecule has 3 unspecified atom stereocenters. The van der Waals surface area contributed by atoms with E-state index in [1.165, 1.54) is 48.6 Å². The topological polar surface area (TPSA) is 0 Å². The van der Waals surface area contributed by atoms with Gasteiger partial charge in [0.15, 0.2) is 0 Å². The molecule has 0 saturated heterocycles. The van der Waals surface area contributed by atoms with Gasteiger partial charge in [0.25, 0.3) is 0 Å². The van der Waals surface area contributed by atoms with Crippen LogP contribution in [0.15, 0.2) is 24.3 Å². The predicted molar refractivity (Wildman–Crippen MR) is 85.9 cm³/mol. The molecular formula is C18H25Br. The predicted octanol–water partition coefficient (Wildman–Crippen LogP) is 5.55. The molecular weight excluding hydrogens is 296 g/mol. The van der Waals surface area contributed by atoms with E-state index >= 15 is 0 Å². The third kappa shape index (κ3) is 2.51. The Kier molecular flexibility index (Phi) is 3.77. The molecule has 0 amide bonds. The van der Waals surface area contributed by atoms with Gasteiger partial charge in [0.2, 0.25) is 0 Å². The van der Waals surface area contributed by atoms with Gasteiger partial charge in [-0.25, -0.2) is 0 Å². The summed E-state index contributed by atoms with van der Waals surface area (Å²) in [4.78, 5) is 0. The van der Waals surface area contributed by atoms with Gasteiger partial charge in [0.05, 0.1) is 0 Å². The summed E-state index contributed by atoms with van der Waals surface area (Å²) in [5.74, 6) is 2.64. The van der Waals surface area contributed by atoms with Crippen LogP contribution in [0.5, 0.6) is 0 Å². The Bertz CT molecular complexity index is 434. The first-order valence-corrected chi connectivity index (χ1v) is 8.90. The number of halogens is 1. The Hall–Kier alpha value is -0.300. The van der Waals surface area contributed by atoms with E-state index < -0.39 is 0 Å². The van der Waals surface area contributed by atoms with Crippen LogP contribution in [0.2, 0.25) is 0 Å². The molecule has 0 aliphatic heterocycles. The van der Waals surface area contributed by atoms with Crippen molar-refractivity contribution in [1.82, 2.24) is 0 Å². The van der Waals surface area contributed by atoms with Crippen LogP contribution in [-0.4, -0.2) is 5.33 Å². The minimum Gasteiger partial charge on any atom is -0.0922 e. The van der Waals surface area contributed by atoms with Gasteiger partial charge in [-0.15, -0.1) is 0 Å². The van der Waals surface area contributed by atoms with Gasteiger partial charge in [-0.1, -0.05) is 60.5 Å². The molecule has 1 aromatic carbocycles. The molecule has 3 atom stereocenters. The highest BCUT2D eigenvalue weighted by atomic mass is 79.9. The summed E-state index contributed by atoms with van der Waals surface area (Å²) in [6.45, 7) is 4.54. The number of hydrogen-bond acceptors (Lipinski definition) is 0. The number of fused-ring (bicyclic) bond motifs is 2. The molecule has 1 heteroatoms. The lowest BCUT2D eigenvalue weighted by atomic mass is 9.71. The van der Waals surface area contributed by atoms with Crippen LogP contribution in [0.3, 0.4) is 0 Å². The summed E-state index contributed by atoms with van der Waals surface area (Å²) < 4.78 is 0. The molecule has 104 valence electrons. The molecule has 0 spiro atoms. The normalized spacial score (nSPS) is 33.3. The molecule has 2 saturated carbocycles. The smallest absolute Gasteiger partial charge is 0.00939 e. The van der Waals surface area contributed by atoms with Crippen LogP contribution in [-0.2, 0) is 6.42 Å². The van der Waals surface area contributed by atoms with Crippen molar-refractivity contribution in [3.05, 3.63) is 35.4 Å². The highest BCUT2D eigenvalue weighted by Crippen LogP contribution is 2.58. The maximum absolute atomic E-state index is 3.83. The summed E-state index contributed by atoms with van der Waals surface area (Å²) in [7, 11) is 0. The Balaban J connectivity index is 1.76. The Labute approximate surface area is 126 Å². The molecule has 2 aliphatic carbocycles. The van der Waals surface area contributed by atoms with E-state index in [4.69, 9.17) is 0 Å². The van der Waals surface area contributed by atoms with Crippen LogP contribution in [0.1, 0.15) is 56.6 Å². The van der Waals surface area contributed by atoms with E-state index in [9.17, 15) is 0 Å². The van der Waals surface area contributed by atoms with E-state index in [2.05, 4.69) is 54.0 Å². The summed E-state index contributed by atoms with van der Waals surface area (Å²) in [6, 6.07) is 9.39. The third-order valence-electron chi connectivity index (χ3n) is 5.57. The molecule has 19 heavy (non-hydrogen) atoms. The zero-order chi connectivity index (χ0) is 13.5. The van der Waals surface area contributed by atoms with E-state index in [1.807, 2.05) is 0 Å². The monoisotopic (exact) mass is 320 g/mol. The Morgan fingerprint density at radius 2 is 1.95 bits per heavy atom. The largest absolute Gasteiger partial charge is 0.0922 e. The first-order valence-electron chi connectivity index (χ1n) is 7.78. The second-order valence-electron chi connectivity index (χ2n) is 7.15. The molecule has 0 N–H and O–H groups in total. The second-order valence-corrected chi connectivity index (χ2v) is 7.71. The first-order chi connectivity index (χ1) is 9.13. The van der Waals surface area contributed by atoms with Gasteiger partial charge in [0, 0.05) is 5.33 Å². The maximum atomic E-state index is 3.83. The van der Waals surface area contributed by atoms with Crippen molar-refractivity contribution in [1.29, 1.82) is 0 Å². The van der Waals surface area contributed by atoms with Gasteiger partial charge in [-0.3, -0.25) is 0 Å². The lowest BCUT2D eigenvalue weighted by Crippen LogP contribution is -2.32. The minimum absolute atomic E-state index is 0.558. The van der Waals surface area contributed by atoms with Crippen molar-refractivity contribution in [2.75, 3.05) is 5.33 Å². The number of benzene rings is 1. The molecule has 0 aromatic heterocycles. The minimum atomic E-state index is 0.558. The highest BCUT2D eigenvalue weighted by molar-refractivity contribution is 9.09. The number of hydrogen-bond donors (Lipinski definition) is 0.